The SMILES string of the molecule is CCCc1ccccc1NC1CCc2cc(N)ccc21. The standard InChI is InChI=1S/C18H22N2/c1-2-5-13-6-3-4-7-17(13)20-18-11-8-14-12-15(19)9-10-16(14)18/h3-4,6-7,9-10,12,18,20H,2,5,8,11,19H2,1H3. The zero-order valence-electron chi connectivity index (χ0n) is 12.0. The summed E-state index contributed by atoms with van der Waals surface area (Å²) in [6, 6.07) is 15.4. The third-order valence-electron chi connectivity index (χ3n) is 4.11. The second-order valence-electron chi connectivity index (χ2n) is 5.60. The Hall–Kier alpha value is -1.96. The average Bonchev–Trinajstić information content (AvgIpc) is 2.83. The number of aryl methyl sites for hydroxylation is 2. The summed E-state index contributed by atoms with van der Waals surface area (Å²) in [7, 11) is 0. The van der Waals surface area contributed by atoms with Crippen LogP contribution in [-0.2, 0) is 12.8 Å². The number of nitrogens with two attached hydrogens (primary N) is 1. The van der Waals surface area contributed by atoms with E-state index >= 15 is 0 Å². The molecule has 1 unspecified atom stereocenters. The highest BCUT2D eigenvalue weighted by molar-refractivity contribution is 5.55. The first kappa shape index (κ1) is 13.0. The highest BCUT2D eigenvalue weighted by Crippen LogP contribution is 2.35. The van der Waals surface area contributed by atoms with Crippen LogP contribution < -0.4 is 11.1 Å². The van der Waals surface area contributed by atoms with Gasteiger partial charge in [0, 0.05) is 11.4 Å². The Morgan fingerprint density at radius 2 is 2.05 bits per heavy atom. The third-order valence-corrected chi connectivity index (χ3v) is 4.11. The van der Waals surface area contributed by atoms with Crippen LogP contribution in [0.1, 0.15) is 42.5 Å². The van der Waals surface area contributed by atoms with Gasteiger partial charge in [-0.05, 0) is 54.2 Å². The molecule has 1 atom stereocenters. The van der Waals surface area contributed by atoms with Gasteiger partial charge in [-0.3, -0.25) is 0 Å². The van der Waals surface area contributed by atoms with Crippen LogP contribution in [-0.4, -0.2) is 0 Å². The van der Waals surface area contributed by atoms with E-state index in [1.807, 2.05) is 6.07 Å². The summed E-state index contributed by atoms with van der Waals surface area (Å²) in [5.41, 5.74) is 12.2. The first-order chi connectivity index (χ1) is 9.78. The van der Waals surface area contributed by atoms with Gasteiger partial charge < -0.3 is 11.1 Å². The first-order valence-electron chi connectivity index (χ1n) is 7.50. The molecule has 0 heterocycles. The summed E-state index contributed by atoms with van der Waals surface area (Å²) >= 11 is 0. The molecule has 2 nitrogen and oxygen atoms in total. The van der Waals surface area contributed by atoms with Crippen LogP contribution in [0.15, 0.2) is 42.5 Å². The van der Waals surface area contributed by atoms with Gasteiger partial charge in [-0.25, -0.2) is 0 Å². The van der Waals surface area contributed by atoms with Crippen molar-refractivity contribution in [3.05, 3.63) is 59.2 Å². The minimum Gasteiger partial charge on any atom is -0.399 e. The number of hydrogen-bond donors (Lipinski definition) is 2. The number of nitrogen functional groups attached to an aromatic ring is 1. The van der Waals surface area contributed by atoms with E-state index in [-0.39, 0.29) is 0 Å². The van der Waals surface area contributed by atoms with E-state index in [2.05, 4.69) is 48.6 Å². The molecule has 0 saturated carbocycles. The Kier molecular flexibility index (Phi) is 3.64. The molecular weight excluding hydrogens is 244 g/mol. The molecule has 3 rings (SSSR count). The van der Waals surface area contributed by atoms with Crippen molar-refractivity contribution in [1.29, 1.82) is 0 Å². The van der Waals surface area contributed by atoms with E-state index in [1.54, 1.807) is 0 Å². The highest BCUT2D eigenvalue weighted by atomic mass is 14.9. The van der Waals surface area contributed by atoms with Crippen LogP contribution in [0.25, 0.3) is 0 Å². The van der Waals surface area contributed by atoms with Gasteiger partial charge in [-0.2, -0.15) is 0 Å². The maximum atomic E-state index is 5.87. The first-order valence-corrected chi connectivity index (χ1v) is 7.50. The van der Waals surface area contributed by atoms with E-state index in [1.165, 1.54) is 28.8 Å². The lowest BCUT2D eigenvalue weighted by atomic mass is 10.0. The van der Waals surface area contributed by atoms with E-state index in [0.717, 1.165) is 24.9 Å². The predicted molar refractivity (Wildman–Crippen MR) is 86.0 cm³/mol. The van der Waals surface area contributed by atoms with Crippen LogP contribution in [0, 0.1) is 0 Å². The number of nitrogens with one attached hydrogen (secondary N) is 1. The minimum atomic E-state index is 0.420. The van der Waals surface area contributed by atoms with Crippen molar-refractivity contribution in [3.63, 3.8) is 0 Å². The molecule has 0 radical (unpaired) electrons. The lowest BCUT2D eigenvalue weighted by Gasteiger charge is -2.18. The highest BCUT2D eigenvalue weighted by Gasteiger charge is 2.22. The molecule has 0 aromatic heterocycles. The average molecular weight is 266 g/mol. The predicted octanol–water partition coefficient (Wildman–Crippen LogP) is 4.32. The van der Waals surface area contributed by atoms with E-state index < -0.39 is 0 Å². The molecule has 0 aliphatic heterocycles. The summed E-state index contributed by atoms with van der Waals surface area (Å²) in [5, 5.41) is 3.73. The third kappa shape index (κ3) is 2.51. The lowest BCUT2D eigenvalue weighted by molar-refractivity contribution is 0.758. The Labute approximate surface area is 121 Å². The summed E-state index contributed by atoms with van der Waals surface area (Å²) in [4.78, 5) is 0. The topological polar surface area (TPSA) is 38.0 Å². The van der Waals surface area contributed by atoms with Crippen molar-refractivity contribution in [2.75, 3.05) is 11.1 Å². The Balaban J connectivity index is 1.84. The van der Waals surface area contributed by atoms with Gasteiger partial charge in [-0.1, -0.05) is 37.6 Å². The number of para-hydroxylation sites is 1. The van der Waals surface area contributed by atoms with Crippen LogP contribution in [0.5, 0.6) is 0 Å². The molecule has 0 bridgehead atoms. The number of hydrogen-bond acceptors (Lipinski definition) is 2. The molecule has 0 saturated heterocycles. The molecule has 2 aromatic carbocycles. The van der Waals surface area contributed by atoms with Gasteiger partial charge >= 0.3 is 0 Å². The van der Waals surface area contributed by atoms with Crippen LogP contribution in [0.2, 0.25) is 0 Å². The molecule has 1 aliphatic rings. The number of fused-ring (bicyclic) bond motifs is 1. The summed E-state index contributed by atoms with van der Waals surface area (Å²) in [6.07, 6.45) is 4.58. The number of anilines is 2. The van der Waals surface area contributed by atoms with Crippen LogP contribution in [0.3, 0.4) is 0 Å². The largest absolute Gasteiger partial charge is 0.399 e. The van der Waals surface area contributed by atoms with Gasteiger partial charge in [0.1, 0.15) is 0 Å². The number of benzene rings is 2. The monoisotopic (exact) mass is 266 g/mol. The Morgan fingerprint density at radius 1 is 1.20 bits per heavy atom. The molecule has 2 aromatic rings. The van der Waals surface area contributed by atoms with Gasteiger partial charge in [0.2, 0.25) is 0 Å². The van der Waals surface area contributed by atoms with E-state index in [9.17, 15) is 0 Å². The molecule has 3 N–H and O–H groups in total. The smallest absolute Gasteiger partial charge is 0.0519 e. The van der Waals surface area contributed by atoms with Gasteiger partial charge in [-0.15, -0.1) is 0 Å². The normalized spacial score (nSPS) is 16.9. The van der Waals surface area contributed by atoms with Gasteiger partial charge in [0.15, 0.2) is 0 Å². The van der Waals surface area contributed by atoms with E-state index in [4.69, 9.17) is 5.73 Å². The quantitative estimate of drug-likeness (QED) is 0.809. The Morgan fingerprint density at radius 3 is 2.90 bits per heavy atom. The summed E-state index contributed by atoms with van der Waals surface area (Å²) in [6.45, 7) is 2.23. The van der Waals surface area contributed by atoms with Crippen molar-refractivity contribution in [1.82, 2.24) is 0 Å². The second-order valence-corrected chi connectivity index (χ2v) is 5.60. The summed E-state index contributed by atoms with van der Waals surface area (Å²) in [5.74, 6) is 0. The molecule has 2 heteroatoms. The Bertz CT molecular complexity index is 604. The maximum absolute atomic E-state index is 5.87. The zero-order valence-corrected chi connectivity index (χ0v) is 12.0. The van der Waals surface area contributed by atoms with Gasteiger partial charge in [0.25, 0.3) is 0 Å². The van der Waals surface area contributed by atoms with Crippen molar-refractivity contribution >= 4 is 11.4 Å². The van der Waals surface area contributed by atoms with Crippen molar-refractivity contribution < 1.29 is 0 Å². The second kappa shape index (κ2) is 5.58. The maximum Gasteiger partial charge on any atom is 0.0519 e. The van der Waals surface area contributed by atoms with Crippen LogP contribution in [0.4, 0.5) is 11.4 Å². The molecule has 104 valence electrons. The molecular formula is C18H22N2. The fraction of sp³-hybridized carbons (Fsp3) is 0.333. The molecule has 0 amide bonds. The fourth-order valence-electron chi connectivity index (χ4n) is 3.12. The zero-order chi connectivity index (χ0) is 13.9. The van der Waals surface area contributed by atoms with Gasteiger partial charge in [0.05, 0.1) is 6.04 Å². The summed E-state index contributed by atoms with van der Waals surface area (Å²) < 4.78 is 0. The van der Waals surface area contributed by atoms with Crippen molar-refractivity contribution in [3.8, 4) is 0 Å². The number of rotatable bonds is 4. The lowest BCUT2D eigenvalue weighted by Crippen LogP contribution is -2.09. The molecule has 0 fully saturated rings. The van der Waals surface area contributed by atoms with Crippen molar-refractivity contribution in [2.24, 2.45) is 0 Å². The van der Waals surface area contributed by atoms with Crippen LogP contribution >= 0.6 is 0 Å². The molecule has 1 aliphatic carbocycles. The molecule has 0 spiro atoms. The van der Waals surface area contributed by atoms with E-state index in [0.29, 0.717) is 6.04 Å². The van der Waals surface area contributed by atoms with Crippen molar-refractivity contribution in [2.45, 2.75) is 38.6 Å². The fourth-order valence-corrected chi connectivity index (χ4v) is 3.12. The minimum absolute atomic E-state index is 0.420. The molecule has 20 heavy (non-hydrogen) atoms.